The van der Waals surface area contributed by atoms with Crippen molar-refractivity contribution in [2.75, 3.05) is 31.0 Å². The summed E-state index contributed by atoms with van der Waals surface area (Å²) in [5.74, 6) is -0.0723. The lowest BCUT2D eigenvalue weighted by atomic mass is 10.1. The molecular formula is C25H29F3N8O. The number of nitrogens with zero attached hydrogens (tertiary/aromatic N) is 6. The number of ether oxygens (including phenoxy) is 1. The van der Waals surface area contributed by atoms with Gasteiger partial charge in [0.05, 0.1) is 44.2 Å². The number of benzene rings is 1. The Bertz CT molecular complexity index is 1350. The van der Waals surface area contributed by atoms with E-state index in [4.69, 9.17) is 16.2 Å². The molecule has 3 aromatic heterocycles. The topological polar surface area (TPSA) is 121 Å². The Kier molecular flexibility index (Phi) is 8.39. The Morgan fingerprint density at radius 3 is 2.65 bits per heavy atom. The highest BCUT2D eigenvalue weighted by Crippen LogP contribution is 2.30. The van der Waals surface area contributed by atoms with Crippen LogP contribution >= 0.6 is 0 Å². The molecule has 0 aliphatic rings. The van der Waals surface area contributed by atoms with Crippen LogP contribution in [0.4, 0.5) is 24.7 Å². The fourth-order valence-corrected chi connectivity index (χ4v) is 4.17. The highest BCUT2D eigenvalue weighted by atomic mass is 19.3. The largest absolute Gasteiger partial charge is 0.494 e. The van der Waals surface area contributed by atoms with Crippen LogP contribution in [-0.4, -0.2) is 51.3 Å². The summed E-state index contributed by atoms with van der Waals surface area (Å²) in [4.78, 5) is 19.2. The molecule has 37 heavy (non-hydrogen) atoms. The van der Waals surface area contributed by atoms with E-state index >= 15 is 0 Å². The summed E-state index contributed by atoms with van der Waals surface area (Å²) >= 11 is 0. The zero-order valence-electron chi connectivity index (χ0n) is 20.4. The molecule has 0 fully saturated rings. The van der Waals surface area contributed by atoms with Crippen molar-refractivity contribution in [1.82, 2.24) is 24.5 Å². The summed E-state index contributed by atoms with van der Waals surface area (Å²) in [6.07, 6.45) is 4.11. The maximum absolute atomic E-state index is 14.4. The van der Waals surface area contributed by atoms with Gasteiger partial charge in [-0.3, -0.25) is 4.98 Å². The molecule has 0 bridgehead atoms. The first-order chi connectivity index (χ1) is 17.9. The Labute approximate surface area is 212 Å². The minimum Gasteiger partial charge on any atom is -0.494 e. The lowest BCUT2D eigenvalue weighted by Crippen LogP contribution is -2.32. The van der Waals surface area contributed by atoms with Gasteiger partial charge in [0.15, 0.2) is 23.0 Å². The van der Waals surface area contributed by atoms with Gasteiger partial charge in [0.1, 0.15) is 11.8 Å². The number of fused-ring (bicyclic) bond motifs is 1. The molecular weight excluding hydrogens is 485 g/mol. The second kappa shape index (κ2) is 11.9. The first-order valence-electron chi connectivity index (χ1n) is 11.9. The summed E-state index contributed by atoms with van der Waals surface area (Å²) in [5.41, 5.74) is 15.8. The number of nitrogen functional groups attached to an aromatic ring is 1. The first kappa shape index (κ1) is 26.1. The number of imidazole rings is 1. The number of hydrogen-bond acceptors (Lipinski definition) is 8. The summed E-state index contributed by atoms with van der Waals surface area (Å²) in [6.45, 7) is 1.14. The van der Waals surface area contributed by atoms with Crippen LogP contribution in [0.5, 0.6) is 5.75 Å². The van der Waals surface area contributed by atoms with Gasteiger partial charge in [-0.15, -0.1) is 0 Å². The van der Waals surface area contributed by atoms with Crippen LogP contribution in [-0.2, 0) is 6.54 Å². The third-order valence-electron chi connectivity index (χ3n) is 6.10. The van der Waals surface area contributed by atoms with E-state index in [1.165, 1.54) is 19.5 Å². The van der Waals surface area contributed by atoms with E-state index in [0.29, 0.717) is 54.8 Å². The molecule has 4 rings (SSSR count). The second-order valence-electron chi connectivity index (χ2n) is 8.54. The Morgan fingerprint density at radius 2 is 1.92 bits per heavy atom. The van der Waals surface area contributed by atoms with E-state index in [1.54, 1.807) is 24.7 Å². The number of aromatic nitrogens is 5. The molecule has 0 saturated carbocycles. The minimum absolute atomic E-state index is 0.110. The molecule has 0 saturated heterocycles. The second-order valence-corrected chi connectivity index (χ2v) is 8.54. The standard InChI is InChI=1S/C25H29F3N8O/c1-37-21-7-6-16(9-18(21)26)19-10-17(12-36-15-34-23-24(30)32-14-33-25(23)36)20(11-31-19)35(13-29)8-4-2-3-5-22(27)28/h6-7,9-11,14-15,22H,2-5,8,12-13,29H2,1H3,(H2,30,32,33). The fraction of sp³-hybridized carbons (Fsp3) is 0.360. The van der Waals surface area contributed by atoms with Crippen LogP contribution in [0.3, 0.4) is 0 Å². The zero-order chi connectivity index (χ0) is 26.4. The predicted octanol–water partition coefficient (Wildman–Crippen LogP) is 4.21. The summed E-state index contributed by atoms with van der Waals surface area (Å²) in [5, 5.41) is 0. The summed E-state index contributed by atoms with van der Waals surface area (Å²) in [7, 11) is 1.41. The van der Waals surface area contributed by atoms with Crippen LogP contribution in [0.1, 0.15) is 31.2 Å². The number of methoxy groups -OCH3 is 1. The fourth-order valence-electron chi connectivity index (χ4n) is 4.17. The average molecular weight is 515 g/mol. The van der Waals surface area contributed by atoms with E-state index < -0.39 is 12.2 Å². The van der Waals surface area contributed by atoms with Gasteiger partial charge in [-0.2, -0.15) is 0 Å². The van der Waals surface area contributed by atoms with Crippen molar-refractivity contribution in [3.05, 3.63) is 54.5 Å². The van der Waals surface area contributed by atoms with Gasteiger partial charge < -0.3 is 25.7 Å². The van der Waals surface area contributed by atoms with Crippen LogP contribution in [0.15, 0.2) is 43.1 Å². The van der Waals surface area contributed by atoms with Gasteiger partial charge in [-0.05, 0) is 42.7 Å². The zero-order valence-corrected chi connectivity index (χ0v) is 20.4. The van der Waals surface area contributed by atoms with E-state index in [1.807, 2.05) is 15.5 Å². The number of nitrogens with two attached hydrogens (primary N) is 2. The smallest absolute Gasteiger partial charge is 0.238 e. The van der Waals surface area contributed by atoms with Crippen molar-refractivity contribution in [3.8, 4) is 17.0 Å². The van der Waals surface area contributed by atoms with Crippen LogP contribution in [0.2, 0.25) is 0 Å². The van der Waals surface area contributed by atoms with E-state index in [0.717, 1.165) is 11.3 Å². The summed E-state index contributed by atoms with van der Waals surface area (Å²) in [6, 6.07) is 6.52. The van der Waals surface area contributed by atoms with Gasteiger partial charge in [0, 0.05) is 18.5 Å². The molecule has 0 aliphatic carbocycles. The maximum Gasteiger partial charge on any atom is 0.238 e. The van der Waals surface area contributed by atoms with Crippen molar-refractivity contribution in [2.24, 2.45) is 5.73 Å². The van der Waals surface area contributed by atoms with Crippen molar-refractivity contribution < 1.29 is 17.9 Å². The normalized spacial score (nSPS) is 11.4. The number of unbranched alkanes of at least 4 members (excludes halogenated alkanes) is 2. The van der Waals surface area contributed by atoms with Gasteiger partial charge >= 0.3 is 0 Å². The van der Waals surface area contributed by atoms with E-state index in [2.05, 4.69) is 19.9 Å². The lowest BCUT2D eigenvalue weighted by Gasteiger charge is -2.26. The quantitative estimate of drug-likeness (QED) is 0.213. The molecule has 0 atom stereocenters. The molecule has 0 spiro atoms. The van der Waals surface area contributed by atoms with Crippen molar-refractivity contribution in [2.45, 2.75) is 38.7 Å². The minimum atomic E-state index is -2.29. The van der Waals surface area contributed by atoms with Crippen LogP contribution < -0.4 is 21.1 Å². The molecule has 1 aromatic carbocycles. The average Bonchev–Trinajstić information content (AvgIpc) is 3.30. The van der Waals surface area contributed by atoms with Gasteiger partial charge in [0.25, 0.3) is 0 Å². The third kappa shape index (κ3) is 6.08. The highest BCUT2D eigenvalue weighted by Gasteiger charge is 2.17. The van der Waals surface area contributed by atoms with Gasteiger partial charge in [-0.25, -0.2) is 28.1 Å². The van der Waals surface area contributed by atoms with Crippen molar-refractivity contribution in [3.63, 3.8) is 0 Å². The predicted molar refractivity (Wildman–Crippen MR) is 136 cm³/mol. The van der Waals surface area contributed by atoms with Crippen molar-refractivity contribution in [1.29, 1.82) is 0 Å². The molecule has 0 aliphatic heterocycles. The number of hydrogen-bond donors (Lipinski definition) is 2. The van der Waals surface area contributed by atoms with Crippen LogP contribution in [0, 0.1) is 5.82 Å². The monoisotopic (exact) mass is 514 g/mol. The highest BCUT2D eigenvalue weighted by molar-refractivity contribution is 5.81. The lowest BCUT2D eigenvalue weighted by molar-refractivity contribution is 0.134. The van der Waals surface area contributed by atoms with Crippen molar-refractivity contribution >= 4 is 22.7 Å². The molecule has 0 amide bonds. The molecule has 0 radical (unpaired) electrons. The van der Waals surface area contributed by atoms with Crippen LogP contribution in [0.25, 0.3) is 22.4 Å². The maximum atomic E-state index is 14.4. The first-order valence-corrected chi connectivity index (χ1v) is 11.9. The Balaban J connectivity index is 1.67. The number of alkyl halides is 2. The third-order valence-corrected chi connectivity index (χ3v) is 6.10. The molecule has 4 N–H and O–H groups in total. The Morgan fingerprint density at radius 1 is 1.08 bits per heavy atom. The van der Waals surface area contributed by atoms with Gasteiger partial charge in [0.2, 0.25) is 6.43 Å². The Hall–Kier alpha value is -3.93. The number of rotatable bonds is 12. The van der Waals surface area contributed by atoms with E-state index in [-0.39, 0.29) is 24.7 Å². The number of pyridine rings is 1. The van der Waals surface area contributed by atoms with Gasteiger partial charge in [-0.1, -0.05) is 6.42 Å². The summed E-state index contributed by atoms with van der Waals surface area (Å²) < 4.78 is 46.2. The SMILES string of the molecule is COc1ccc(-c2cc(Cn3cnc4c(N)ncnc43)c(N(CN)CCCCCC(F)F)cn2)cc1F. The molecule has 12 heteroatoms. The number of anilines is 2. The molecule has 196 valence electrons. The molecule has 0 unspecified atom stereocenters. The number of halogens is 3. The molecule has 3 heterocycles. The van der Waals surface area contributed by atoms with E-state index in [9.17, 15) is 13.2 Å². The molecule has 9 nitrogen and oxygen atoms in total. The molecule has 4 aromatic rings.